The Morgan fingerprint density at radius 2 is 1.85 bits per heavy atom. The smallest absolute Gasteiger partial charge is 0.251 e. The second kappa shape index (κ2) is 7.33. The minimum atomic E-state index is -0.511. The molecular formula is C18H23N3O5. The predicted molar refractivity (Wildman–Crippen MR) is 93.9 cm³/mol. The Morgan fingerprint density at radius 1 is 1.15 bits per heavy atom. The van der Waals surface area contributed by atoms with Crippen molar-refractivity contribution >= 4 is 23.4 Å². The van der Waals surface area contributed by atoms with Crippen molar-refractivity contribution in [2.75, 3.05) is 32.2 Å². The van der Waals surface area contributed by atoms with Crippen molar-refractivity contribution in [3.63, 3.8) is 0 Å². The number of hydrogen-bond donors (Lipinski definition) is 1. The molecule has 2 fully saturated rings. The van der Waals surface area contributed by atoms with Gasteiger partial charge in [0.25, 0.3) is 5.91 Å². The second-order valence-corrected chi connectivity index (χ2v) is 6.54. The molecule has 8 heteroatoms. The molecule has 2 N–H and O–H groups in total. The lowest BCUT2D eigenvalue weighted by Crippen LogP contribution is -2.47. The molecule has 0 spiro atoms. The molecule has 3 rings (SSSR count). The Balaban J connectivity index is 1.79. The van der Waals surface area contributed by atoms with E-state index in [9.17, 15) is 14.4 Å². The van der Waals surface area contributed by atoms with Crippen LogP contribution in [0.5, 0.6) is 11.5 Å². The molecule has 1 aromatic carbocycles. The van der Waals surface area contributed by atoms with E-state index in [1.165, 1.54) is 19.1 Å². The van der Waals surface area contributed by atoms with Crippen molar-refractivity contribution in [2.24, 2.45) is 11.7 Å². The Kier molecular flexibility index (Phi) is 5.13. The average molecular weight is 361 g/mol. The monoisotopic (exact) mass is 361 g/mol. The van der Waals surface area contributed by atoms with Crippen LogP contribution >= 0.6 is 0 Å². The fourth-order valence-corrected chi connectivity index (χ4v) is 3.62. The fraction of sp³-hybridized carbons (Fsp3) is 0.500. The molecule has 2 aliphatic heterocycles. The summed E-state index contributed by atoms with van der Waals surface area (Å²) < 4.78 is 10.5. The molecule has 8 nitrogen and oxygen atoms in total. The highest BCUT2D eigenvalue weighted by Crippen LogP contribution is 2.36. The summed E-state index contributed by atoms with van der Waals surface area (Å²) in [6.07, 6.45) is 1.34. The maximum Gasteiger partial charge on any atom is 0.251 e. The Bertz CT molecular complexity index is 728. The zero-order chi connectivity index (χ0) is 18.8. The van der Waals surface area contributed by atoms with E-state index >= 15 is 0 Å². The summed E-state index contributed by atoms with van der Waals surface area (Å²) >= 11 is 0. The number of carbonyl (C=O) groups is 3. The third-order valence-electron chi connectivity index (χ3n) is 5.12. The van der Waals surface area contributed by atoms with Gasteiger partial charge in [0.2, 0.25) is 11.8 Å². The van der Waals surface area contributed by atoms with Gasteiger partial charge >= 0.3 is 0 Å². The van der Waals surface area contributed by atoms with Crippen LogP contribution in [-0.2, 0) is 14.4 Å². The number of nitrogens with zero attached hydrogens (tertiary/aromatic N) is 2. The molecule has 2 aliphatic rings. The number of imide groups is 1. The standard InChI is InChI=1S/C18H23N3O5/c1-25-12-3-4-13(15(9-12)26-2)21-16(22)10-14(18(21)24)20-7-5-11(6-8-20)17(19)23/h3-4,9,11,14H,5-8,10H2,1-2H3,(H2,19,23)/t14-/m1/s1. The van der Waals surface area contributed by atoms with E-state index < -0.39 is 6.04 Å². The first kappa shape index (κ1) is 18.2. The van der Waals surface area contributed by atoms with Crippen LogP contribution in [0.1, 0.15) is 19.3 Å². The van der Waals surface area contributed by atoms with Gasteiger partial charge in [0.05, 0.1) is 32.4 Å². The molecule has 0 saturated carbocycles. The highest BCUT2D eigenvalue weighted by atomic mass is 16.5. The molecule has 0 radical (unpaired) electrons. The van der Waals surface area contributed by atoms with Gasteiger partial charge < -0.3 is 15.2 Å². The van der Waals surface area contributed by atoms with E-state index in [4.69, 9.17) is 15.2 Å². The molecule has 3 amide bonds. The number of likely N-dealkylation sites (tertiary alicyclic amines) is 1. The summed E-state index contributed by atoms with van der Waals surface area (Å²) in [5, 5.41) is 0. The Labute approximate surface area is 151 Å². The minimum absolute atomic E-state index is 0.120. The molecule has 0 unspecified atom stereocenters. The number of amides is 3. The highest BCUT2D eigenvalue weighted by Gasteiger charge is 2.44. The summed E-state index contributed by atoms with van der Waals surface area (Å²) in [4.78, 5) is 39.9. The van der Waals surface area contributed by atoms with Crippen LogP contribution in [0.15, 0.2) is 18.2 Å². The van der Waals surface area contributed by atoms with Crippen LogP contribution < -0.4 is 20.1 Å². The minimum Gasteiger partial charge on any atom is -0.497 e. The molecule has 0 bridgehead atoms. The summed E-state index contributed by atoms with van der Waals surface area (Å²) in [6.45, 7) is 1.15. The summed E-state index contributed by atoms with van der Waals surface area (Å²) in [6, 6.07) is 4.46. The third-order valence-corrected chi connectivity index (χ3v) is 5.12. The van der Waals surface area contributed by atoms with Gasteiger partial charge in [-0.15, -0.1) is 0 Å². The van der Waals surface area contributed by atoms with E-state index in [0.717, 1.165) is 0 Å². The molecule has 2 saturated heterocycles. The third kappa shape index (κ3) is 3.24. The lowest BCUT2D eigenvalue weighted by atomic mass is 9.95. The van der Waals surface area contributed by atoms with Crippen molar-refractivity contribution in [1.29, 1.82) is 0 Å². The Hall–Kier alpha value is -2.61. The first-order valence-electron chi connectivity index (χ1n) is 8.58. The number of ether oxygens (including phenoxy) is 2. The van der Waals surface area contributed by atoms with Crippen molar-refractivity contribution in [3.05, 3.63) is 18.2 Å². The van der Waals surface area contributed by atoms with Crippen LogP contribution in [0, 0.1) is 5.92 Å². The van der Waals surface area contributed by atoms with Gasteiger partial charge in [0, 0.05) is 12.0 Å². The Morgan fingerprint density at radius 3 is 2.42 bits per heavy atom. The normalized spacial score (nSPS) is 21.9. The molecule has 26 heavy (non-hydrogen) atoms. The van der Waals surface area contributed by atoms with Gasteiger partial charge in [-0.1, -0.05) is 0 Å². The van der Waals surface area contributed by atoms with Gasteiger partial charge in [-0.25, -0.2) is 4.90 Å². The summed E-state index contributed by atoms with van der Waals surface area (Å²) in [5.74, 6) is -0.00954. The largest absolute Gasteiger partial charge is 0.497 e. The lowest BCUT2D eigenvalue weighted by Gasteiger charge is -2.33. The van der Waals surface area contributed by atoms with Crippen LogP contribution in [-0.4, -0.2) is 56.0 Å². The predicted octanol–water partition coefficient (Wildman–Crippen LogP) is 0.533. The van der Waals surface area contributed by atoms with Crippen LogP contribution in [0.4, 0.5) is 5.69 Å². The molecular weight excluding hydrogens is 338 g/mol. The van der Waals surface area contributed by atoms with Crippen molar-refractivity contribution in [2.45, 2.75) is 25.3 Å². The van der Waals surface area contributed by atoms with E-state index in [2.05, 4.69) is 0 Å². The summed E-state index contributed by atoms with van der Waals surface area (Å²) in [5.41, 5.74) is 5.77. The molecule has 0 aliphatic carbocycles. The van der Waals surface area contributed by atoms with Crippen LogP contribution in [0.2, 0.25) is 0 Å². The fourth-order valence-electron chi connectivity index (χ4n) is 3.62. The molecule has 0 aromatic heterocycles. The number of piperidine rings is 1. The first-order valence-corrected chi connectivity index (χ1v) is 8.58. The van der Waals surface area contributed by atoms with Crippen LogP contribution in [0.3, 0.4) is 0 Å². The van der Waals surface area contributed by atoms with Gasteiger partial charge in [-0.2, -0.15) is 0 Å². The van der Waals surface area contributed by atoms with Gasteiger partial charge in [-0.3, -0.25) is 19.3 Å². The number of anilines is 1. The zero-order valence-electron chi connectivity index (χ0n) is 14.9. The van der Waals surface area contributed by atoms with Gasteiger partial charge in [0.1, 0.15) is 11.5 Å². The van der Waals surface area contributed by atoms with Crippen molar-refractivity contribution in [3.8, 4) is 11.5 Å². The topological polar surface area (TPSA) is 102 Å². The number of hydrogen-bond acceptors (Lipinski definition) is 6. The molecule has 1 atom stereocenters. The van der Waals surface area contributed by atoms with E-state index in [1.807, 2.05) is 4.90 Å². The maximum atomic E-state index is 12.9. The summed E-state index contributed by atoms with van der Waals surface area (Å²) in [7, 11) is 3.02. The van der Waals surface area contributed by atoms with Crippen molar-refractivity contribution < 1.29 is 23.9 Å². The number of primary amides is 1. The number of benzene rings is 1. The quantitative estimate of drug-likeness (QED) is 0.768. The van der Waals surface area contributed by atoms with Gasteiger partial charge in [0.15, 0.2) is 0 Å². The number of nitrogens with two attached hydrogens (primary N) is 1. The van der Waals surface area contributed by atoms with Gasteiger partial charge in [-0.05, 0) is 38.1 Å². The molecule has 2 heterocycles. The van der Waals surface area contributed by atoms with Crippen LogP contribution in [0.25, 0.3) is 0 Å². The van der Waals surface area contributed by atoms with E-state index in [-0.39, 0.29) is 30.1 Å². The maximum absolute atomic E-state index is 12.9. The highest BCUT2D eigenvalue weighted by molar-refractivity contribution is 6.23. The lowest BCUT2D eigenvalue weighted by molar-refractivity contribution is -0.124. The van der Waals surface area contributed by atoms with E-state index in [0.29, 0.717) is 43.1 Å². The van der Waals surface area contributed by atoms with Crippen molar-refractivity contribution in [1.82, 2.24) is 4.90 Å². The number of rotatable bonds is 5. The first-order chi connectivity index (χ1) is 12.5. The molecule has 140 valence electrons. The molecule has 1 aromatic rings. The number of methoxy groups -OCH3 is 2. The van der Waals surface area contributed by atoms with E-state index in [1.54, 1.807) is 18.2 Å². The zero-order valence-corrected chi connectivity index (χ0v) is 14.9. The average Bonchev–Trinajstić information content (AvgIpc) is 2.95. The SMILES string of the molecule is COc1ccc(N2C(=O)C[C@@H](N3CCC(C(N)=O)CC3)C2=O)c(OC)c1. The number of carbonyl (C=O) groups excluding carboxylic acids is 3. The second-order valence-electron chi connectivity index (χ2n) is 6.54.